The van der Waals surface area contributed by atoms with E-state index in [0.717, 1.165) is 56.7 Å². The van der Waals surface area contributed by atoms with Crippen LogP contribution in [0.3, 0.4) is 0 Å². The van der Waals surface area contributed by atoms with Gasteiger partial charge in [-0.1, -0.05) is 5.21 Å². The maximum absolute atomic E-state index is 13.2. The molecule has 0 aliphatic carbocycles. The number of hydrogen-bond donors (Lipinski definition) is 0. The van der Waals surface area contributed by atoms with Gasteiger partial charge in [-0.05, 0) is 25.7 Å². The zero-order valence-electron chi connectivity index (χ0n) is 14.5. The molecule has 4 rings (SSSR count). The number of amides is 1. The van der Waals surface area contributed by atoms with Crippen LogP contribution in [-0.2, 0) is 11.8 Å². The summed E-state index contributed by atoms with van der Waals surface area (Å²) in [4.78, 5) is 15.1. The molecule has 2 aromatic heterocycles. The molecule has 0 saturated carbocycles. The van der Waals surface area contributed by atoms with Crippen molar-refractivity contribution >= 4 is 5.91 Å². The average molecular weight is 344 g/mol. The van der Waals surface area contributed by atoms with Gasteiger partial charge in [-0.15, -0.1) is 5.10 Å². The van der Waals surface area contributed by atoms with Crippen molar-refractivity contribution in [2.24, 2.45) is 7.05 Å². The molecule has 0 spiro atoms. The van der Waals surface area contributed by atoms with E-state index in [-0.39, 0.29) is 11.9 Å². The molecule has 2 aliphatic heterocycles. The first-order chi connectivity index (χ1) is 12.2. The minimum atomic E-state index is 0.0828. The monoisotopic (exact) mass is 344 g/mol. The lowest BCUT2D eigenvalue weighted by Gasteiger charge is -2.33. The molecule has 0 N–H and O–H groups in total. The van der Waals surface area contributed by atoms with Crippen LogP contribution in [0.1, 0.15) is 53.7 Å². The Balaban J connectivity index is 1.54. The van der Waals surface area contributed by atoms with E-state index >= 15 is 0 Å². The fourth-order valence-electron chi connectivity index (χ4n) is 3.88. The lowest BCUT2D eigenvalue weighted by atomic mass is 9.93. The number of hydrogen-bond acceptors (Lipinski definition) is 5. The molecule has 1 amide bonds. The van der Waals surface area contributed by atoms with Gasteiger partial charge in [-0.2, -0.15) is 5.10 Å². The van der Waals surface area contributed by atoms with E-state index in [4.69, 9.17) is 4.74 Å². The fourth-order valence-corrected chi connectivity index (χ4v) is 3.88. The smallest absolute Gasteiger partial charge is 0.257 e. The van der Waals surface area contributed by atoms with Gasteiger partial charge in [-0.3, -0.25) is 9.48 Å². The number of aryl methyl sites for hydroxylation is 1. The Labute approximate surface area is 146 Å². The molecular formula is C17H24N6O2. The van der Waals surface area contributed by atoms with Gasteiger partial charge >= 0.3 is 0 Å². The SMILES string of the molecule is Cn1cc(C(=O)N2CCCC(n3ccnn3)C2)c(C2CCOCC2)n1. The topological polar surface area (TPSA) is 78.1 Å². The van der Waals surface area contributed by atoms with Crippen molar-refractivity contribution in [3.05, 3.63) is 29.8 Å². The molecule has 8 nitrogen and oxygen atoms in total. The Morgan fingerprint density at radius 2 is 2.12 bits per heavy atom. The Morgan fingerprint density at radius 3 is 2.88 bits per heavy atom. The second-order valence-electron chi connectivity index (χ2n) is 6.92. The van der Waals surface area contributed by atoms with Gasteiger partial charge in [0.1, 0.15) is 0 Å². The van der Waals surface area contributed by atoms with Crippen molar-refractivity contribution in [1.82, 2.24) is 29.7 Å². The van der Waals surface area contributed by atoms with E-state index in [9.17, 15) is 4.79 Å². The third kappa shape index (κ3) is 3.30. The van der Waals surface area contributed by atoms with Gasteiger partial charge in [0.25, 0.3) is 5.91 Å². The molecule has 0 aromatic carbocycles. The first kappa shape index (κ1) is 16.3. The summed E-state index contributed by atoms with van der Waals surface area (Å²) in [6.07, 6.45) is 9.28. The first-order valence-electron chi connectivity index (χ1n) is 8.98. The van der Waals surface area contributed by atoms with Gasteiger partial charge in [-0.25, -0.2) is 4.68 Å². The number of piperidine rings is 1. The molecule has 2 aromatic rings. The first-order valence-corrected chi connectivity index (χ1v) is 8.98. The van der Waals surface area contributed by atoms with E-state index in [0.29, 0.717) is 12.5 Å². The van der Waals surface area contributed by atoms with E-state index in [2.05, 4.69) is 15.4 Å². The predicted octanol–water partition coefficient (Wildman–Crippen LogP) is 1.38. The second kappa shape index (κ2) is 6.95. The maximum atomic E-state index is 13.2. The number of carbonyl (C=O) groups is 1. The summed E-state index contributed by atoms with van der Waals surface area (Å²) in [5, 5.41) is 12.6. The molecule has 134 valence electrons. The Kier molecular flexibility index (Phi) is 4.52. The van der Waals surface area contributed by atoms with Crippen molar-refractivity contribution in [2.75, 3.05) is 26.3 Å². The Bertz CT molecular complexity index is 720. The Hall–Kier alpha value is -2.22. The summed E-state index contributed by atoms with van der Waals surface area (Å²) in [6, 6.07) is 0.198. The summed E-state index contributed by atoms with van der Waals surface area (Å²) in [5.41, 5.74) is 1.67. The Morgan fingerprint density at radius 1 is 1.28 bits per heavy atom. The third-order valence-electron chi connectivity index (χ3n) is 5.19. The van der Waals surface area contributed by atoms with Crippen molar-refractivity contribution < 1.29 is 9.53 Å². The average Bonchev–Trinajstić information content (AvgIpc) is 3.32. The van der Waals surface area contributed by atoms with Crippen molar-refractivity contribution in [1.29, 1.82) is 0 Å². The number of ether oxygens (including phenoxy) is 1. The van der Waals surface area contributed by atoms with Crippen LogP contribution in [0.25, 0.3) is 0 Å². The van der Waals surface area contributed by atoms with Crippen LogP contribution in [0.4, 0.5) is 0 Å². The zero-order chi connectivity index (χ0) is 17.2. The molecule has 1 atom stereocenters. The summed E-state index contributed by atoms with van der Waals surface area (Å²) >= 11 is 0. The van der Waals surface area contributed by atoms with E-state index < -0.39 is 0 Å². The molecule has 2 saturated heterocycles. The minimum absolute atomic E-state index is 0.0828. The molecule has 1 unspecified atom stereocenters. The molecule has 2 aliphatic rings. The highest BCUT2D eigenvalue weighted by Gasteiger charge is 2.31. The van der Waals surface area contributed by atoms with Gasteiger partial charge in [0.05, 0.1) is 23.5 Å². The molecule has 0 radical (unpaired) electrons. The summed E-state index contributed by atoms with van der Waals surface area (Å²) in [5.74, 6) is 0.393. The van der Waals surface area contributed by atoms with Gasteiger partial charge in [0.2, 0.25) is 0 Å². The van der Waals surface area contributed by atoms with Gasteiger partial charge in [0.15, 0.2) is 0 Å². The number of rotatable bonds is 3. The third-order valence-corrected chi connectivity index (χ3v) is 5.19. The van der Waals surface area contributed by atoms with Crippen LogP contribution in [0.5, 0.6) is 0 Å². The van der Waals surface area contributed by atoms with E-state index in [1.54, 1.807) is 10.9 Å². The maximum Gasteiger partial charge on any atom is 0.257 e. The molecule has 4 heterocycles. The van der Waals surface area contributed by atoms with Gasteiger partial charge in [0, 0.05) is 51.7 Å². The van der Waals surface area contributed by atoms with Crippen LogP contribution < -0.4 is 0 Å². The fraction of sp³-hybridized carbons (Fsp3) is 0.647. The molecule has 8 heteroatoms. The molecule has 0 bridgehead atoms. The molecule has 25 heavy (non-hydrogen) atoms. The van der Waals surface area contributed by atoms with Crippen LogP contribution in [0.2, 0.25) is 0 Å². The van der Waals surface area contributed by atoms with Crippen LogP contribution >= 0.6 is 0 Å². The minimum Gasteiger partial charge on any atom is -0.381 e. The van der Waals surface area contributed by atoms with Crippen molar-refractivity contribution in [3.63, 3.8) is 0 Å². The molecule has 2 fully saturated rings. The van der Waals surface area contributed by atoms with Crippen molar-refractivity contribution in [2.45, 2.75) is 37.6 Å². The summed E-state index contributed by atoms with van der Waals surface area (Å²) < 4.78 is 9.08. The van der Waals surface area contributed by atoms with E-state index in [1.165, 1.54) is 0 Å². The summed E-state index contributed by atoms with van der Waals surface area (Å²) in [6.45, 7) is 2.94. The lowest BCUT2D eigenvalue weighted by molar-refractivity contribution is 0.0662. The van der Waals surface area contributed by atoms with Crippen LogP contribution in [0.15, 0.2) is 18.6 Å². The number of likely N-dealkylation sites (tertiary alicyclic amines) is 1. The number of nitrogens with zero attached hydrogens (tertiary/aromatic N) is 6. The van der Waals surface area contributed by atoms with E-state index in [1.807, 2.05) is 29.0 Å². The highest BCUT2D eigenvalue weighted by molar-refractivity contribution is 5.95. The number of aromatic nitrogens is 5. The van der Waals surface area contributed by atoms with Crippen LogP contribution in [0, 0.1) is 0 Å². The van der Waals surface area contributed by atoms with Crippen LogP contribution in [-0.4, -0.2) is 61.9 Å². The quantitative estimate of drug-likeness (QED) is 0.841. The van der Waals surface area contributed by atoms with Gasteiger partial charge < -0.3 is 9.64 Å². The molecular weight excluding hydrogens is 320 g/mol. The summed E-state index contributed by atoms with van der Waals surface area (Å²) in [7, 11) is 1.88. The highest BCUT2D eigenvalue weighted by Crippen LogP contribution is 2.30. The highest BCUT2D eigenvalue weighted by atomic mass is 16.5. The lowest BCUT2D eigenvalue weighted by Crippen LogP contribution is -2.41. The standard InChI is InChI=1S/C17H24N6O2/c1-21-12-15(16(19-21)13-4-9-25-10-5-13)17(24)22-7-2-3-14(11-22)23-8-6-18-20-23/h6,8,12-14H,2-5,7,9-11H2,1H3. The largest absolute Gasteiger partial charge is 0.381 e. The second-order valence-corrected chi connectivity index (χ2v) is 6.92. The predicted molar refractivity (Wildman–Crippen MR) is 90.2 cm³/mol. The van der Waals surface area contributed by atoms with Crippen molar-refractivity contribution in [3.8, 4) is 0 Å². The zero-order valence-corrected chi connectivity index (χ0v) is 14.5. The normalized spacial score (nSPS) is 22.3. The number of carbonyl (C=O) groups excluding carboxylic acids is 1.